The van der Waals surface area contributed by atoms with Crippen molar-refractivity contribution in [2.45, 2.75) is 6.92 Å². The van der Waals surface area contributed by atoms with E-state index in [1.807, 2.05) is 19.1 Å². The normalized spacial score (nSPS) is 15.6. The first kappa shape index (κ1) is 13.2. The average Bonchev–Trinajstić information content (AvgIpc) is 2.40. The fraction of sp³-hybridized carbons (Fsp3) is 0.462. The van der Waals surface area contributed by atoms with Crippen molar-refractivity contribution in [3.63, 3.8) is 0 Å². The molecule has 1 fully saturated rings. The zero-order chi connectivity index (χ0) is 13.0. The van der Waals surface area contributed by atoms with Crippen LogP contribution in [0.1, 0.15) is 17.3 Å². The van der Waals surface area contributed by atoms with Crippen LogP contribution in [0.5, 0.6) is 0 Å². The number of anilines is 1. The molecule has 2 rings (SSSR count). The van der Waals surface area contributed by atoms with E-state index in [2.05, 4.69) is 15.5 Å². The van der Waals surface area contributed by atoms with E-state index in [9.17, 15) is 4.79 Å². The van der Waals surface area contributed by atoms with Crippen molar-refractivity contribution in [2.24, 2.45) is 0 Å². The highest BCUT2D eigenvalue weighted by molar-refractivity contribution is 6.34. The fourth-order valence-electron chi connectivity index (χ4n) is 2.06. The van der Waals surface area contributed by atoms with Gasteiger partial charge in [0.25, 0.3) is 5.91 Å². The van der Waals surface area contributed by atoms with Gasteiger partial charge in [-0.05, 0) is 25.1 Å². The molecule has 0 spiro atoms. The van der Waals surface area contributed by atoms with Gasteiger partial charge in [-0.1, -0.05) is 11.6 Å². The lowest BCUT2D eigenvalue weighted by Gasteiger charge is -2.29. The van der Waals surface area contributed by atoms with Gasteiger partial charge in [-0.2, -0.15) is 0 Å². The molecule has 1 aromatic carbocycles. The highest BCUT2D eigenvalue weighted by Gasteiger charge is 2.14. The first-order valence-corrected chi connectivity index (χ1v) is 6.63. The van der Waals surface area contributed by atoms with Gasteiger partial charge in [0.1, 0.15) is 0 Å². The summed E-state index contributed by atoms with van der Waals surface area (Å²) in [5, 5.41) is 6.57. The van der Waals surface area contributed by atoms with Crippen LogP contribution in [0, 0.1) is 0 Å². The van der Waals surface area contributed by atoms with Gasteiger partial charge in [0.05, 0.1) is 10.6 Å². The number of carbonyl (C=O) groups excluding carboxylic acids is 1. The summed E-state index contributed by atoms with van der Waals surface area (Å²) in [4.78, 5) is 14.0. The van der Waals surface area contributed by atoms with Crippen LogP contribution in [0.25, 0.3) is 0 Å². The Bertz CT molecular complexity index is 430. The molecular weight excluding hydrogens is 250 g/mol. The van der Waals surface area contributed by atoms with Crippen molar-refractivity contribution < 1.29 is 4.79 Å². The number of nitrogens with zero attached hydrogens (tertiary/aromatic N) is 1. The van der Waals surface area contributed by atoms with Gasteiger partial charge in [0, 0.05) is 38.4 Å². The molecule has 5 heteroatoms. The third kappa shape index (κ3) is 2.94. The number of benzene rings is 1. The van der Waals surface area contributed by atoms with Crippen molar-refractivity contribution in [3.05, 3.63) is 28.8 Å². The first-order chi connectivity index (χ1) is 8.72. The topological polar surface area (TPSA) is 44.4 Å². The van der Waals surface area contributed by atoms with Crippen LogP contribution in [-0.2, 0) is 0 Å². The number of hydrogen-bond donors (Lipinski definition) is 2. The summed E-state index contributed by atoms with van der Waals surface area (Å²) in [5.74, 6) is -0.116. The van der Waals surface area contributed by atoms with E-state index in [1.54, 1.807) is 6.07 Å². The minimum Gasteiger partial charge on any atom is -0.369 e. The van der Waals surface area contributed by atoms with E-state index in [4.69, 9.17) is 11.6 Å². The van der Waals surface area contributed by atoms with E-state index >= 15 is 0 Å². The Morgan fingerprint density at radius 3 is 2.78 bits per heavy atom. The second-order valence-corrected chi connectivity index (χ2v) is 4.67. The molecule has 4 nitrogen and oxygen atoms in total. The maximum Gasteiger partial charge on any atom is 0.252 e. The summed E-state index contributed by atoms with van der Waals surface area (Å²) in [5.41, 5.74) is 1.62. The minimum atomic E-state index is -0.116. The van der Waals surface area contributed by atoms with Crippen LogP contribution < -0.4 is 15.5 Å². The molecule has 0 saturated carbocycles. The van der Waals surface area contributed by atoms with E-state index in [-0.39, 0.29) is 5.91 Å². The summed E-state index contributed by atoms with van der Waals surface area (Å²) >= 11 is 6.18. The molecule has 1 heterocycles. The summed E-state index contributed by atoms with van der Waals surface area (Å²) in [6, 6.07) is 5.63. The molecule has 1 aromatic rings. The Morgan fingerprint density at radius 1 is 1.44 bits per heavy atom. The number of piperazine rings is 1. The Hall–Kier alpha value is -1.26. The lowest BCUT2D eigenvalue weighted by molar-refractivity contribution is 0.0956. The van der Waals surface area contributed by atoms with Crippen LogP contribution in [0.4, 0.5) is 5.69 Å². The van der Waals surface area contributed by atoms with E-state index in [0.29, 0.717) is 17.1 Å². The maximum absolute atomic E-state index is 11.7. The summed E-state index contributed by atoms with van der Waals surface area (Å²) in [6.45, 7) is 6.40. The smallest absolute Gasteiger partial charge is 0.252 e. The highest BCUT2D eigenvalue weighted by Crippen LogP contribution is 2.24. The second kappa shape index (κ2) is 6.07. The molecule has 98 valence electrons. The monoisotopic (exact) mass is 267 g/mol. The van der Waals surface area contributed by atoms with E-state index < -0.39 is 0 Å². The number of halogens is 1. The molecule has 0 aromatic heterocycles. The summed E-state index contributed by atoms with van der Waals surface area (Å²) in [6.07, 6.45) is 0. The molecule has 0 aliphatic carbocycles. The van der Waals surface area contributed by atoms with Crippen LogP contribution in [0.2, 0.25) is 5.02 Å². The average molecular weight is 268 g/mol. The van der Waals surface area contributed by atoms with Gasteiger partial charge >= 0.3 is 0 Å². The van der Waals surface area contributed by atoms with Gasteiger partial charge in [-0.3, -0.25) is 4.79 Å². The Balaban J connectivity index is 2.16. The van der Waals surface area contributed by atoms with Crippen LogP contribution in [-0.4, -0.2) is 38.6 Å². The Labute approximate surface area is 112 Å². The highest BCUT2D eigenvalue weighted by atomic mass is 35.5. The molecule has 0 radical (unpaired) electrons. The standard InChI is InChI=1S/C13H18ClN3O/c1-2-16-13(18)11-4-3-10(9-12(11)14)17-7-5-15-6-8-17/h3-4,9,15H,2,5-8H2,1H3,(H,16,18). The van der Waals surface area contributed by atoms with Crippen molar-refractivity contribution in [1.82, 2.24) is 10.6 Å². The lowest BCUT2D eigenvalue weighted by Crippen LogP contribution is -2.43. The van der Waals surface area contributed by atoms with Crippen molar-refractivity contribution in [3.8, 4) is 0 Å². The molecule has 0 bridgehead atoms. The number of rotatable bonds is 3. The van der Waals surface area contributed by atoms with Crippen LogP contribution >= 0.6 is 11.6 Å². The van der Waals surface area contributed by atoms with Crippen molar-refractivity contribution >= 4 is 23.2 Å². The summed E-state index contributed by atoms with van der Waals surface area (Å²) in [7, 11) is 0. The number of hydrogen-bond acceptors (Lipinski definition) is 3. The number of carbonyl (C=O) groups is 1. The van der Waals surface area contributed by atoms with Gasteiger partial charge in [0.15, 0.2) is 0 Å². The predicted octanol–water partition coefficient (Wildman–Crippen LogP) is 1.50. The predicted molar refractivity (Wildman–Crippen MR) is 74.5 cm³/mol. The molecule has 1 aliphatic heterocycles. The first-order valence-electron chi connectivity index (χ1n) is 6.25. The Kier molecular flexibility index (Phi) is 4.44. The summed E-state index contributed by atoms with van der Waals surface area (Å²) < 4.78 is 0. The number of nitrogens with one attached hydrogen (secondary N) is 2. The SMILES string of the molecule is CCNC(=O)c1ccc(N2CCNCC2)cc1Cl. The van der Waals surface area contributed by atoms with E-state index in [1.165, 1.54) is 0 Å². The zero-order valence-corrected chi connectivity index (χ0v) is 11.3. The molecule has 0 unspecified atom stereocenters. The second-order valence-electron chi connectivity index (χ2n) is 4.26. The maximum atomic E-state index is 11.7. The molecule has 1 saturated heterocycles. The molecule has 1 amide bonds. The molecular formula is C13H18ClN3O. The van der Waals surface area contributed by atoms with Gasteiger partial charge < -0.3 is 15.5 Å². The zero-order valence-electron chi connectivity index (χ0n) is 10.5. The quantitative estimate of drug-likeness (QED) is 0.872. The van der Waals surface area contributed by atoms with Crippen molar-refractivity contribution in [1.29, 1.82) is 0 Å². The fourth-order valence-corrected chi connectivity index (χ4v) is 2.32. The largest absolute Gasteiger partial charge is 0.369 e. The van der Waals surface area contributed by atoms with Gasteiger partial charge in [-0.25, -0.2) is 0 Å². The Morgan fingerprint density at radius 2 is 2.17 bits per heavy atom. The molecule has 0 atom stereocenters. The third-order valence-corrected chi connectivity index (χ3v) is 3.33. The lowest BCUT2D eigenvalue weighted by atomic mass is 10.1. The van der Waals surface area contributed by atoms with Gasteiger partial charge in [-0.15, -0.1) is 0 Å². The molecule has 18 heavy (non-hydrogen) atoms. The number of amides is 1. The molecule has 2 N–H and O–H groups in total. The van der Waals surface area contributed by atoms with E-state index in [0.717, 1.165) is 31.9 Å². The molecule has 1 aliphatic rings. The van der Waals surface area contributed by atoms with Crippen LogP contribution in [0.15, 0.2) is 18.2 Å². The van der Waals surface area contributed by atoms with Crippen LogP contribution in [0.3, 0.4) is 0 Å². The van der Waals surface area contributed by atoms with Gasteiger partial charge in [0.2, 0.25) is 0 Å². The van der Waals surface area contributed by atoms with Crippen molar-refractivity contribution in [2.75, 3.05) is 37.6 Å². The minimum absolute atomic E-state index is 0.116. The third-order valence-electron chi connectivity index (χ3n) is 3.02.